The number of aliphatic hydroxyl groups is 1. The van der Waals surface area contributed by atoms with Gasteiger partial charge >= 0.3 is 0 Å². The van der Waals surface area contributed by atoms with Gasteiger partial charge in [-0.1, -0.05) is 0 Å². The van der Waals surface area contributed by atoms with Gasteiger partial charge in [-0.15, -0.1) is 0 Å². The van der Waals surface area contributed by atoms with Crippen molar-refractivity contribution < 1.29 is 14.2 Å². The molecule has 84 valence electrons. The summed E-state index contributed by atoms with van der Waals surface area (Å²) in [5.74, 6) is 0.178. The summed E-state index contributed by atoms with van der Waals surface area (Å²) in [5.41, 5.74) is 0.934. The maximum absolute atomic E-state index is 13.5. The number of aliphatic hydroxyl groups excluding tert-OH is 1. The van der Waals surface area contributed by atoms with E-state index in [4.69, 9.17) is 4.74 Å². The molecule has 0 radical (unpaired) electrons. The van der Waals surface area contributed by atoms with Gasteiger partial charge in [0.25, 0.3) is 0 Å². The lowest BCUT2D eigenvalue weighted by Gasteiger charge is -2.16. The average molecular weight is 213 g/mol. The second-order valence-electron chi connectivity index (χ2n) is 3.36. The van der Waals surface area contributed by atoms with Gasteiger partial charge in [-0.05, 0) is 31.7 Å². The molecule has 0 fully saturated rings. The molecule has 0 aromatic heterocycles. The van der Waals surface area contributed by atoms with Crippen molar-refractivity contribution in [2.75, 3.05) is 20.7 Å². The van der Waals surface area contributed by atoms with E-state index in [9.17, 15) is 9.50 Å². The highest BCUT2D eigenvalue weighted by Gasteiger charge is 2.17. The topological polar surface area (TPSA) is 41.5 Å². The molecule has 0 bridgehead atoms. The molecular formula is C11H16FNO2. The Morgan fingerprint density at radius 2 is 2.20 bits per heavy atom. The summed E-state index contributed by atoms with van der Waals surface area (Å²) < 4.78 is 18.6. The highest BCUT2D eigenvalue weighted by molar-refractivity contribution is 5.41. The van der Waals surface area contributed by atoms with Crippen LogP contribution in [0.1, 0.15) is 17.2 Å². The molecule has 1 rings (SSSR count). The average Bonchev–Trinajstić information content (AvgIpc) is 2.18. The summed E-state index contributed by atoms with van der Waals surface area (Å²) >= 11 is 0. The van der Waals surface area contributed by atoms with Gasteiger partial charge in [0.1, 0.15) is 11.6 Å². The third-order valence-electron chi connectivity index (χ3n) is 2.36. The van der Waals surface area contributed by atoms with Gasteiger partial charge in [-0.2, -0.15) is 0 Å². The van der Waals surface area contributed by atoms with E-state index in [2.05, 4.69) is 5.32 Å². The molecule has 0 saturated carbocycles. The van der Waals surface area contributed by atoms with E-state index in [0.717, 1.165) is 0 Å². The molecule has 0 saturated heterocycles. The monoisotopic (exact) mass is 213 g/mol. The van der Waals surface area contributed by atoms with Crippen molar-refractivity contribution in [1.29, 1.82) is 0 Å². The van der Waals surface area contributed by atoms with Crippen LogP contribution >= 0.6 is 0 Å². The first-order valence-electron chi connectivity index (χ1n) is 4.77. The minimum Gasteiger partial charge on any atom is -0.496 e. The fourth-order valence-electron chi connectivity index (χ4n) is 1.60. The number of methoxy groups -OCH3 is 1. The summed E-state index contributed by atoms with van der Waals surface area (Å²) in [6.45, 7) is 2.04. The Kier molecular flexibility index (Phi) is 4.05. The zero-order valence-corrected chi connectivity index (χ0v) is 9.17. The Morgan fingerprint density at radius 1 is 1.53 bits per heavy atom. The SMILES string of the molecule is CNCC(O)c1c(F)ccc(OC)c1C. The molecule has 0 aliphatic heterocycles. The molecule has 3 nitrogen and oxygen atoms in total. The summed E-state index contributed by atoms with van der Waals surface area (Å²) in [6, 6.07) is 2.86. The minimum atomic E-state index is -0.856. The van der Waals surface area contributed by atoms with E-state index in [1.54, 1.807) is 20.0 Å². The second-order valence-corrected chi connectivity index (χ2v) is 3.36. The number of rotatable bonds is 4. The van der Waals surface area contributed by atoms with Crippen LogP contribution in [0.3, 0.4) is 0 Å². The summed E-state index contributed by atoms with van der Waals surface area (Å²) in [5, 5.41) is 12.5. The molecule has 15 heavy (non-hydrogen) atoms. The van der Waals surface area contributed by atoms with Crippen molar-refractivity contribution in [3.63, 3.8) is 0 Å². The molecule has 0 amide bonds. The van der Waals surface area contributed by atoms with Crippen LogP contribution in [0, 0.1) is 12.7 Å². The predicted molar refractivity (Wildman–Crippen MR) is 56.6 cm³/mol. The van der Waals surface area contributed by atoms with Crippen LogP contribution in [0.25, 0.3) is 0 Å². The van der Waals surface area contributed by atoms with Gasteiger partial charge < -0.3 is 15.2 Å². The lowest BCUT2D eigenvalue weighted by Crippen LogP contribution is -2.18. The number of hydrogen-bond donors (Lipinski definition) is 2. The molecule has 2 N–H and O–H groups in total. The number of nitrogens with one attached hydrogen (secondary N) is 1. The Balaban J connectivity index is 3.14. The van der Waals surface area contributed by atoms with Gasteiger partial charge in [-0.25, -0.2) is 4.39 Å². The van der Waals surface area contributed by atoms with Crippen molar-refractivity contribution in [2.24, 2.45) is 0 Å². The minimum absolute atomic E-state index is 0.295. The van der Waals surface area contributed by atoms with Crippen molar-refractivity contribution in [1.82, 2.24) is 5.32 Å². The maximum Gasteiger partial charge on any atom is 0.129 e. The summed E-state index contributed by atoms with van der Waals surface area (Å²) in [6.07, 6.45) is -0.856. The lowest BCUT2D eigenvalue weighted by atomic mass is 10.0. The van der Waals surface area contributed by atoms with Gasteiger partial charge in [0.15, 0.2) is 0 Å². The first kappa shape index (κ1) is 11.9. The molecule has 1 aromatic carbocycles. The van der Waals surface area contributed by atoms with Gasteiger partial charge in [-0.3, -0.25) is 0 Å². The normalized spacial score (nSPS) is 12.6. The molecule has 0 spiro atoms. The van der Waals surface area contributed by atoms with E-state index in [1.165, 1.54) is 13.2 Å². The van der Waals surface area contributed by atoms with Gasteiger partial charge in [0, 0.05) is 12.1 Å². The standard InChI is InChI=1S/C11H16FNO2/c1-7-10(15-3)5-4-8(12)11(7)9(14)6-13-2/h4-5,9,13-14H,6H2,1-3H3. The molecule has 4 heteroatoms. The summed E-state index contributed by atoms with van der Waals surface area (Å²) in [7, 11) is 3.23. The third kappa shape index (κ3) is 2.46. The molecule has 0 heterocycles. The molecular weight excluding hydrogens is 197 g/mol. The highest BCUT2D eigenvalue weighted by atomic mass is 19.1. The largest absolute Gasteiger partial charge is 0.496 e. The van der Waals surface area contributed by atoms with E-state index >= 15 is 0 Å². The molecule has 1 aromatic rings. The molecule has 1 atom stereocenters. The van der Waals surface area contributed by atoms with Gasteiger partial charge in [0.05, 0.1) is 13.2 Å². The van der Waals surface area contributed by atoms with Crippen LogP contribution in [0.15, 0.2) is 12.1 Å². The van der Waals surface area contributed by atoms with Crippen LogP contribution in [-0.4, -0.2) is 25.8 Å². The molecule has 0 aliphatic rings. The fraction of sp³-hybridized carbons (Fsp3) is 0.455. The van der Waals surface area contributed by atoms with E-state index in [1.807, 2.05) is 0 Å². The van der Waals surface area contributed by atoms with Crippen LogP contribution in [0.5, 0.6) is 5.75 Å². The predicted octanol–water partition coefficient (Wildman–Crippen LogP) is 1.40. The zero-order chi connectivity index (χ0) is 11.4. The van der Waals surface area contributed by atoms with E-state index < -0.39 is 11.9 Å². The Labute approximate surface area is 88.9 Å². The fourth-order valence-corrected chi connectivity index (χ4v) is 1.60. The second kappa shape index (κ2) is 5.09. The van der Waals surface area contributed by atoms with Crippen LogP contribution < -0.4 is 10.1 Å². The zero-order valence-electron chi connectivity index (χ0n) is 9.17. The first-order valence-corrected chi connectivity index (χ1v) is 4.77. The van der Waals surface area contributed by atoms with Crippen LogP contribution in [0.4, 0.5) is 4.39 Å². The van der Waals surface area contributed by atoms with Crippen molar-refractivity contribution in [2.45, 2.75) is 13.0 Å². The van der Waals surface area contributed by atoms with E-state index in [-0.39, 0.29) is 0 Å². The van der Waals surface area contributed by atoms with Crippen molar-refractivity contribution in [3.8, 4) is 5.75 Å². The smallest absolute Gasteiger partial charge is 0.129 e. The van der Waals surface area contributed by atoms with Crippen LogP contribution in [0.2, 0.25) is 0 Å². The summed E-state index contributed by atoms with van der Waals surface area (Å²) in [4.78, 5) is 0. The Morgan fingerprint density at radius 3 is 2.73 bits per heavy atom. The number of benzene rings is 1. The van der Waals surface area contributed by atoms with Gasteiger partial charge in [0.2, 0.25) is 0 Å². The number of hydrogen-bond acceptors (Lipinski definition) is 3. The third-order valence-corrected chi connectivity index (χ3v) is 2.36. The van der Waals surface area contributed by atoms with Crippen LogP contribution in [-0.2, 0) is 0 Å². The Hall–Kier alpha value is -1.13. The number of likely N-dealkylation sites (N-methyl/N-ethyl adjacent to an activating group) is 1. The van der Waals surface area contributed by atoms with Crippen molar-refractivity contribution >= 4 is 0 Å². The van der Waals surface area contributed by atoms with Crippen molar-refractivity contribution in [3.05, 3.63) is 29.1 Å². The Bertz CT molecular complexity index is 342. The highest BCUT2D eigenvalue weighted by Crippen LogP contribution is 2.28. The molecule has 0 aliphatic carbocycles. The quantitative estimate of drug-likeness (QED) is 0.794. The maximum atomic E-state index is 13.5. The van der Waals surface area contributed by atoms with E-state index in [0.29, 0.717) is 23.4 Å². The lowest BCUT2D eigenvalue weighted by molar-refractivity contribution is 0.171. The molecule has 1 unspecified atom stereocenters. The number of halogens is 1. The first-order chi connectivity index (χ1) is 7.11. The number of ether oxygens (including phenoxy) is 1.